The minimum Gasteiger partial charge on any atom is -0.497 e. The van der Waals surface area contributed by atoms with E-state index >= 15 is 0 Å². The summed E-state index contributed by atoms with van der Waals surface area (Å²) in [4.78, 5) is 12.7. The Morgan fingerprint density at radius 3 is 2.11 bits per heavy atom. The molecule has 0 heterocycles. The van der Waals surface area contributed by atoms with Crippen molar-refractivity contribution in [3.05, 3.63) is 47.0 Å². The molecule has 0 bridgehead atoms. The second-order valence-corrected chi connectivity index (χ2v) is 8.13. The van der Waals surface area contributed by atoms with E-state index in [0.29, 0.717) is 30.3 Å². The van der Waals surface area contributed by atoms with Crippen molar-refractivity contribution in [1.82, 2.24) is 4.31 Å². The van der Waals surface area contributed by atoms with Gasteiger partial charge in [-0.1, -0.05) is 25.4 Å². The molecule has 1 amide bonds. The second kappa shape index (κ2) is 9.27. The highest BCUT2D eigenvalue weighted by atomic mass is 35.5. The van der Waals surface area contributed by atoms with Crippen LogP contribution in [0.2, 0.25) is 5.02 Å². The Kier molecular flexibility index (Phi) is 7.29. The molecule has 9 heteroatoms. The van der Waals surface area contributed by atoms with E-state index in [1.165, 1.54) is 36.7 Å². The number of benzene rings is 2. The zero-order valence-electron chi connectivity index (χ0n) is 16.2. The quantitative estimate of drug-likeness (QED) is 0.696. The van der Waals surface area contributed by atoms with Crippen LogP contribution in [0.15, 0.2) is 41.3 Å². The van der Waals surface area contributed by atoms with Crippen molar-refractivity contribution in [2.45, 2.75) is 18.7 Å². The summed E-state index contributed by atoms with van der Waals surface area (Å²) < 4.78 is 37.1. The maximum absolute atomic E-state index is 12.7. The number of amides is 1. The molecule has 0 aliphatic carbocycles. The summed E-state index contributed by atoms with van der Waals surface area (Å²) in [7, 11) is -0.716. The third-order valence-electron chi connectivity index (χ3n) is 4.13. The molecule has 152 valence electrons. The molecule has 28 heavy (non-hydrogen) atoms. The highest BCUT2D eigenvalue weighted by molar-refractivity contribution is 7.89. The number of anilines is 1. The molecular weight excluding hydrogens is 404 g/mol. The number of hydrogen-bond acceptors (Lipinski definition) is 5. The lowest BCUT2D eigenvalue weighted by atomic mass is 10.2. The van der Waals surface area contributed by atoms with Gasteiger partial charge in [0.25, 0.3) is 5.91 Å². The van der Waals surface area contributed by atoms with Gasteiger partial charge in [-0.05, 0) is 18.2 Å². The average molecular weight is 427 g/mol. The summed E-state index contributed by atoms with van der Waals surface area (Å²) in [6.07, 6.45) is 0. The SMILES string of the molecule is CCN(CC)S(=O)(=O)c1ccc(Cl)c(C(=O)Nc2cc(OC)cc(OC)c2)c1. The summed E-state index contributed by atoms with van der Waals surface area (Å²) in [6.45, 7) is 4.15. The Hall–Kier alpha value is -2.29. The molecule has 0 saturated carbocycles. The molecule has 0 aromatic heterocycles. The largest absolute Gasteiger partial charge is 0.497 e. The third-order valence-corrected chi connectivity index (χ3v) is 6.51. The Labute approximate surface area is 170 Å². The molecule has 2 aromatic rings. The zero-order chi connectivity index (χ0) is 20.9. The lowest BCUT2D eigenvalue weighted by Gasteiger charge is -2.19. The average Bonchev–Trinajstić information content (AvgIpc) is 2.68. The van der Waals surface area contributed by atoms with Gasteiger partial charge in [0.1, 0.15) is 11.5 Å². The van der Waals surface area contributed by atoms with Crippen molar-refractivity contribution in [1.29, 1.82) is 0 Å². The van der Waals surface area contributed by atoms with Crippen molar-refractivity contribution in [3.63, 3.8) is 0 Å². The molecule has 0 aliphatic heterocycles. The lowest BCUT2D eigenvalue weighted by Crippen LogP contribution is -2.30. The maximum atomic E-state index is 12.7. The van der Waals surface area contributed by atoms with Crippen LogP contribution in [0.3, 0.4) is 0 Å². The van der Waals surface area contributed by atoms with Gasteiger partial charge in [-0.2, -0.15) is 4.31 Å². The van der Waals surface area contributed by atoms with Crippen LogP contribution < -0.4 is 14.8 Å². The van der Waals surface area contributed by atoms with E-state index in [1.807, 2.05) is 0 Å². The summed E-state index contributed by atoms with van der Waals surface area (Å²) >= 11 is 6.15. The Morgan fingerprint density at radius 2 is 1.61 bits per heavy atom. The molecule has 7 nitrogen and oxygen atoms in total. The van der Waals surface area contributed by atoms with Gasteiger partial charge in [0.05, 0.1) is 29.7 Å². The van der Waals surface area contributed by atoms with Gasteiger partial charge in [0, 0.05) is 37.0 Å². The van der Waals surface area contributed by atoms with Crippen LogP contribution in [0.1, 0.15) is 24.2 Å². The minimum absolute atomic E-state index is 0.00831. The number of carbonyl (C=O) groups is 1. The molecule has 0 unspecified atom stereocenters. The maximum Gasteiger partial charge on any atom is 0.257 e. The molecule has 2 aromatic carbocycles. The molecule has 0 saturated heterocycles. The van der Waals surface area contributed by atoms with Gasteiger partial charge in [0.2, 0.25) is 10.0 Å². The summed E-state index contributed by atoms with van der Waals surface area (Å²) in [6, 6.07) is 8.97. The standard InChI is InChI=1S/C19H23ClN2O5S/c1-5-22(6-2)28(24,25)16-7-8-18(20)17(12-16)19(23)21-13-9-14(26-3)11-15(10-13)27-4/h7-12H,5-6H2,1-4H3,(H,21,23). The van der Waals surface area contributed by atoms with Crippen LogP contribution in [-0.2, 0) is 10.0 Å². The fraction of sp³-hybridized carbons (Fsp3) is 0.316. The molecule has 1 N–H and O–H groups in total. The molecule has 0 spiro atoms. The van der Waals surface area contributed by atoms with Crippen molar-refractivity contribution in [3.8, 4) is 11.5 Å². The number of carbonyl (C=O) groups excluding carboxylic acids is 1. The van der Waals surface area contributed by atoms with Crippen LogP contribution in [0.5, 0.6) is 11.5 Å². The Morgan fingerprint density at radius 1 is 1.04 bits per heavy atom. The molecule has 0 fully saturated rings. The first kappa shape index (κ1) is 22.0. The third kappa shape index (κ3) is 4.76. The van der Waals surface area contributed by atoms with Crippen LogP contribution in [0.25, 0.3) is 0 Å². The van der Waals surface area contributed by atoms with E-state index in [0.717, 1.165) is 0 Å². The van der Waals surface area contributed by atoms with Crippen molar-refractivity contribution in [2.24, 2.45) is 0 Å². The lowest BCUT2D eigenvalue weighted by molar-refractivity contribution is 0.102. The Bertz CT molecular complexity index is 937. The first-order valence-corrected chi connectivity index (χ1v) is 10.4. The minimum atomic E-state index is -3.71. The highest BCUT2D eigenvalue weighted by Crippen LogP contribution is 2.28. The van der Waals surface area contributed by atoms with Crippen molar-refractivity contribution >= 4 is 33.2 Å². The van der Waals surface area contributed by atoms with Crippen LogP contribution >= 0.6 is 11.6 Å². The van der Waals surface area contributed by atoms with Crippen LogP contribution in [0, 0.1) is 0 Å². The molecule has 0 radical (unpaired) electrons. The van der Waals surface area contributed by atoms with E-state index in [-0.39, 0.29) is 15.5 Å². The van der Waals surface area contributed by atoms with E-state index < -0.39 is 15.9 Å². The van der Waals surface area contributed by atoms with Gasteiger partial charge in [-0.15, -0.1) is 0 Å². The smallest absolute Gasteiger partial charge is 0.257 e. The van der Waals surface area contributed by atoms with Crippen molar-refractivity contribution < 1.29 is 22.7 Å². The predicted molar refractivity (Wildman–Crippen MR) is 109 cm³/mol. The van der Waals surface area contributed by atoms with Gasteiger partial charge in [0.15, 0.2) is 0 Å². The number of methoxy groups -OCH3 is 2. The zero-order valence-corrected chi connectivity index (χ0v) is 17.7. The van der Waals surface area contributed by atoms with Crippen molar-refractivity contribution in [2.75, 3.05) is 32.6 Å². The number of ether oxygens (including phenoxy) is 2. The number of nitrogens with zero attached hydrogens (tertiary/aromatic N) is 1. The van der Waals surface area contributed by atoms with Gasteiger partial charge >= 0.3 is 0 Å². The van der Waals surface area contributed by atoms with Gasteiger partial charge in [-0.3, -0.25) is 4.79 Å². The van der Waals surface area contributed by atoms with Crippen LogP contribution in [-0.4, -0.2) is 45.9 Å². The number of rotatable bonds is 8. The fourth-order valence-corrected chi connectivity index (χ4v) is 4.32. The molecule has 0 atom stereocenters. The monoisotopic (exact) mass is 426 g/mol. The first-order valence-electron chi connectivity index (χ1n) is 8.60. The molecular formula is C19H23ClN2O5S. The topological polar surface area (TPSA) is 84.9 Å². The summed E-state index contributed by atoms with van der Waals surface area (Å²) in [5, 5.41) is 2.84. The summed E-state index contributed by atoms with van der Waals surface area (Å²) in [5.74, 6) is 0.453. The highest BCUT2D eigenvalue weighted by Gasteiger charge is 2.24. The summed E-state index contributed by atoms with van der Waals surface area (Å²) in [5.41, 5.74) is 0.478. The molecule has 0 aliphatic rings. The number of nitrogens with one attached hydrogen (secondary N) is 1. The normalized spacial score (nSPS) is 11.4. The van der Waals surface area contributed by atoms with Gasteiger partial charge in [-0.25, -0.2) is 8.42 Å². The fourth-order valence-electron chi connectivity index (χ4n) is 2.63. The first-order chi connectivity index (χ1) is 13.3. The van der Waals surface area contributed by atoms with E-state index in [1.54, 1.807) is 32.0 Å². The van der Waals surface area contributed by atoms with E-state index in [2.05, 4.69) is 5.32 Å². The number of halogens is 1. The molecule has 2 rings (SSSR count). The van der Waals surface area contributed by atoms with Crippen LogP contribution in [0.4, 0.5) is 5.69 Å². The van der Waals surface area contributed by atoms with E-state index in [4.69, 9.17) is 21.1 Å². The van der Waals surface area contributed by atoms with E-state index in [9.17, 15) is 13.2 Å². The van der Waals surface area contributed by atoms with Gasteiger partial charge < -0.3 is 14.8 Å². The predicted octanol–water partition coefficient (Wildman–Crippen LogP) is 3.64. The number of sulfonamides is 1. The Balaban J connectivity index is 2.39. The number of hydrogen-bond donors (Lipinski definition) is 1. The second-order valence-electron chi connectivity index (χ2n) is 5.79.